The van der Waals surface area contributed by atoms with Crippen LogP contribution < -0.4 is 4.90 Å². The van der Waals surface area contributed by atoms with Gasteiger partial charge in [-0.2, -0.15) is 0 Å². The van der Waals surface area contributed by atoms with Crippen LogP contribution in [0.1, 0.15) is 15.2 Å². The van der Waals surface area contributed by atoms with Gasteiger partial charge in [0.15, 0.2) is 5.13 Å². The lowest BCUT2D eigenvalue weighted by Gasteiger charge is -2.21. The van der Waals surface area contributed by atoms with Crippen LogP contribution in [0.3, 0.4) is 0 Å². The normalized spacial score (nSPS) is 11.6. The number of fused-ring (bicyclic) bond motifs is 2. The number of rotatable bonds is 5. The first-order valence-electron chi connectivity index (χ1n) is 8.95. The van der Waals surface area contributed by atoms with Gasteiger partial charge in [-0.15, -0.1) is 11.3 Å². The molecule has 0 aliphatic carbocycles. The van der Waals surface area contributed by atoms with Crippen LogP contribution >= 0.6 is 34.3 Å². The van der Waals surface area contributed by atoms with E-state index in [1.807, 2.05) is 63.5 Å². The minimum Gasteiger partial charge on any atom is -0.308 e. The maximum absolute atomic E-state index is 13.5. The fourth-order valence-corrected chi connectivity index (χ4v) is 5.58. The molecular formula is C21H20ClN3OS2. The number of hydrogen-bond acceptors (Lipinski definition) is 5. The van der Waals surface area contributed by atoms with Crippen molar-refractivity contribution in [1.82, 2.24) is 9.88 Å². The highest BCUT2D eigenvalue weighted by Crippen LogP contribution is 2.38. The Morgan fingerprint density at radius 3 is 2.50 bits per heavy atom. The van der Waals surface area contributed by atoms with Crippen molar-refractivity contribution in [1.29, 1.82) is 0 Å². The monoisotopic (exact) mass is 429 g/mol. The third kappa shape index (κ3) is 3.53. The number of anilines is 1. The molecule has 2 aromatic carbocycles. The van der Waals surface area contributed by atoms with Gasteiger partial charge >= 0.3 is 0 Å². The lowest BCUT2D eigenvalue weighted by molar-refractivity contribution is 0.0989. The smallest absolute Gasteiger partial charge is 0.271 e. The predicted octanol–water partition coefficient (Wildman–Crippen LogP) is 5.68. The number of carbonyl (C=O) groups is 1. The number of aryl methyl sites for hydroxylation is 1. The van der Waals surface area contributed by atoms with E-state index in [-0.39, 0.29) is 5.91 Å². The van der Waals surface area contributed by atoms with Crippen LogP contribution in [0.2, 0.25) is 5.02 Å². The zero-order valence-corrected chi connectivity index (χ0v) is 18.3. The number of benzene rings is 2. The molecule has 144 valence electrons. The number of aromatic nitrogens is 1. The lowest BCUT2D eigenvalue weighted by atomic mass is 10.2. The summed E-state index contributed by atoms with van der Waals surface area (Å²) < 4.78 is 2.10. The Morgan fingerprint density at radius 1 is 1.04 bits per heavy atom. The summed E-state index contributed by atoms with van der Waals surface area (Å²) in [7, 11) is 4.00. The average molecular weight is 430 g/mol. The van der Waals surface area contributed by atoms with Crippen LogP contribution in [0, 0.1) is 6.92 Å². The summed E-state index contributed by atoms with van der Waals surface area (Å²) in [6.07, 6.45) is 0. The Labute approximate surface area is 177 Å². The van der Waals surface area contributed by atoms with E-state index in [4.69, 9.17) is 16.6 Å². The van der Waals surface area contributed by atoms with Crippen LogP contribution in [0.5, 0.6) is 0 Å². The van der Waals surface area contributed by atoms with Crippen LogP contribution in [0.25, 0.3) is 20.3 Å². The highest BCUT2D eigenvalue weighted by molar-refractivity contribution is 7.23. The SMILES string of the molecule is Cc1cccc2sc(N(CCN(C)C)C(=O)c3sc4ccccc4c3Cl)nc12. The second-order valence-electron chi connectivity index (χ2n) is 6.92. The van der Waals surface area contributed by atoms with E-state index in [0.717, 1.165) is 32.4 Å². The molecule has 0 atom stereocenters. The molecule has 0 fully saturated rings. The van der Waals surface area contributed by atoms with Gasteiger partial charge in [0.2, 0.25) is 0 Å². The number of halogens is 1. The highest BCUT2D eigenvalue weighted by atomic mass is 35.5. The summed E-state index contributed by atoms with van der Waals surface area (Å²) in [6.45, 7) is 3.33. The molecule has 4 rings (SSSR count). The molecule has 2 aromatic heterocycles. The zero-order valence-electron chi connectivity index (χ0n) is 15.9. The van der Waals surface area contributed by atoms with E-state index in [1.165, 1.54) is 11.3 Å². The topological polar surface area (TPSA) is 36.4 Å². The van der Waals surface area contributed by atoms with Crippen LogP contribution in [-0.4, -0.2) is 43.0 Å². The number of hydrogen-bond donors (Lipinski definition) is 0. The van der Waals surface area contributed by atoms with Crippen LogP contribution in [-0.2, 0) is 0 Å². The number of thiazole rings is 1. The average Bonchev–Trinajstić information content (AvgIpc) is 3.24. The number of carbonyl (C=O) groups excluding carboxylic acids is 1. The van der Waals surface area contributed by atoms with Crippen molar-refractivity contribution in [2.45, 2.75) is 6.92 Å². The van der Waals surface area contributed by atoms with Gasteiger partial charge in [-0.05, 0) is 38.7 Å². The number of amides is 1. The Bertz CT molecular complexity index is 1170. The first-order chi connectivity index (χ1) is 13.5. The largest absolute Gasteiger partial charge is 0.308 e. The molecule has 0 aliphatic rings. The van der Waals surface area contributed by atoms with Gasteiger partial charge in [0.1, 0.15) is 4.88 Å². The molecule has 2 heterocycles. The van der Waals surface area contributed by atoms with E-state index in [0.29, 0.717) is 21.6 Å². The minimum atomic E-state index is -0.0928. The van der Waals surface area contributed by atoms with Gasteiger partial charge in [0.25, 0.3) is 5.91 Å². The van der Waals surface area contributed by atoms with Crippen molar-refractivity contribution < 1.29 is 4.79 Å². The second-order valence-corrected chi connectivity index (χ2v) is 9.36. The van der Waals surface area contributed by atoms with Gasteiger partial charge < -0.3 is 4.90 Å². The molecule has 0 aliphatic heterocycles. The summed E-state index contributed by atoms with van der Waals surface area (Å²) in [6, 6.07) is 14.0. The van der Waals surface area contributed by atoms with E-state index in [2.05, 4.69) is 4.90 Å². The third-order valence-electron chi connectivity index (χ3n) is 4.59. The Kier molecular flexibility index (Phi) is 5.38. The van der Waals surface area contributed by atoms with Crippen molar-refractivity contribution in [3.8, 4) is 0 Å². The number of thiophene rings is 1. The number of para-hydroxylation sites is 1. The van der Waals surface area contributed by atoms with E-state index >= 15 is 0 Å². The molecule has 0 bridgehead atoms. The van der Waals surface area contributed by atoms with Gasteiger partial charge in [-0.1, -0.05) is 53.3 Å². The molecule has 0 saturated carbocycles. The highest BCUT2D eigenvalue weighted by Gasteiger charge is 2.26. The first kappa shape index (κ1) is 19.3. The lowest BCUT2D eigenvalue weighted by Crippen LogP contribution is -2.36. The number of nitrogens with zero attached hydrogens (tertiary/aromatic N) is 3. The standard InChI is InChI=1S/C21H20ClN3OS2/c1-13-7-6-10-16-18(13)23-21(28-16)25(12-11-24(2)3)20(26)19-17(22)14-8-4-5-9-15(14)27-19/h4-10H,11-12H2,1-3H3. The molecule has 1 amide bonds. The summed E-state index contributed by atoms with van der Waals surface area (Å²) in [5, 5.41) is 2.16. The Hall–Kier alpha value is -1.99. The van der Waals surface area contributed by atoms with Crippen molar-refractivity contribution in [2.24, 2.45) is 0 Å². The van der Waals surface area contributed by atoms with Crippen LogP contribution in [0.15, 0.2) is 42.5 Å². The molecule has 0 saturated heterocycles. The van der Waals surface area contributed by atoms with E-state index in [1.54, 1.807) is 16.2 Å². The van der Waals surface area contributed by atoms with Gasteiger partial charge in [0.05, 0.1) is 15.2 Å². The van der Waals surface area contributed by atoms with Crippen molar-refractivity contribution >= 4 is 65.6 Å². The van der Waals surface area contributed by atoms with E-state index in [9.17, 15) is 4.79 Å². The quantitative estimate of drug-likeness (QED) is 0.409. The Morgan fingerprint density at radius 2 is 1.79 bits per heavy atom. The third-order valence-corrected chi connectivity index (χ3v) is 7.29. The van der Waals surface area contributed by atoms with E-state index < -0.39 is 0 Å². The van der Waals surface area contributed by atoms with Crippen molar-refractivity contribution in [2.75, 3.05) is 32.1 Å². The molecule has 7 heteroatoms. The summed E-state index contributed by atoms with van der Waals surface area (Å²) >= 11 is 9.57. The molecule has 0 unspecified atom stereocenters. The van der Waals surface area contributed by atoms with Gasteiger partial charge in [-0.25, -0.2) is 4.98 Å². The molecule has 0 spiro atoms. The first-order valence-corrected chi connectivity index (χ1v) is 11.0. The summed E-state index contributed by atoms with van der Waals surface area (Å²) in [5.41, 5.74) is 2.06. The fraction of sp³-hybridized carbons (Fsp3) is 0.238. The minimum absolute atomic E-state index is 0.0928. The molecular weight excluding hydrogens is 410 g/mol. The molecule has 0 radical (unpaired) electrons. The Balaban J connectivity index is 1.79. The predicted molar refractivity (Wildman–Crippen MR) is 121 cm³/mol. The van der Waals surface area contributed by atoms with Gasteiger partial charge in [-0.3, -0.25) is 9.69 Å². The molecule has 0 N–H and O–H groups in total. The molecule has 4 aromatic rings. The fourth-order valence-electron chi connectivity index (χ4n) is 3.05. The summed E-state index contributed by atoms with van der Waals surface area (Å²) in [4.78, 5) is 22.7. The maximum Gasteiger partial charge on any atom is 0.271 e. The maximum atomic E-state index is 13.5. The van der Waals surface area contributed by atoms with Crippen LogP contribution in [0.4, 0.5) is 5.13 Å². The molecule has 4 nitrogen and oxygen atoms in total. The zero-order chi connectivity index (χ0) is 19.8. The van der Waals surface area contributed by atoms with Crippen molar-refractivity contribution in [3.63, 3.8) is 0 Å². The molecule has 28 heavy (non-hydrogen) atoms. The number of likely N-dealkylation sites (N-methyl/N-ethyl adjacent to an activating group) is 1. The summed E-state index contributed by atoms with van der Waals surface area (Å²) in [5.74, 6) is -0.0928. The second kappa shape index (κ2) is 7.79. The van der Waals surface area contributed by atoms with Gasteiger partial charge in [0, 0.05) is 23.2 Å². The van der Waals surface area contributed by atoms with Crippen molar-refractivity contribution in [3.05, 3.63) is 57.9 Å².